The molecule has 0 atom stereocenters. The summed E-state index contributed by atoms with van der Waals surface area (Å²) in [4.78, 5) is 18.7. The van der Waals surface area contributed by atoms with E-state index in [2.05, 4.69) is 17.1 Å². The molecular formula is C23H24N2O3. The van der Waals surface area contributed by atoms with Crippen LogP contribution in [0.4, 0.5) is 0 Å². The van der Waals surface area contributed by atoms with E-state index >= 15 is 0 Å². The average molecular weight is 376 g/mol. The van der Waals surface area contributed by atoms with Crippen LogP contribution in [0.2, 0.25) is 0 Å². The molecule has 2 aromatic carbocycles. The molecular weight excluding hydrogens is 352 g/mol. The molecule has 1 aliphatic heterocycles. The van der Waals surface area contributed by atoms with Crippen molar-refractivity contribution < 1.29 is 13.9 Å². The highest BCUT2D eigenvalue weighted by Crippen LogP contribution is 2.33. The van der Waals surface area contributed by atoms with Crippen LogP contribution in [0.3, 0.4) is 0 Å². The first kappa shape index (κ1) is 18.3. The van der Waals surface area contributed by atoms with Gasteiger partial charge < -0.3 is 14.1 Å². The van der Waals surface area contributed by atoms with E-state index in [-0.39, 0.29) is 12.5 Å². The van der Waals surface area contributed by atoms with Crippen LogP contribution in [0.5, 0.6) is 5.75 Å². The van der Waals surface area contributed by atoms with Crippen molar-refractivity contribution in [3.63, 3.8) is 0 Å². The molecule has 1 aliphatic rings. The number of rotatable bonds is 6. The predicted molar refractivity (Wildman–Crippen MR) is 107 cm³/mol. The molecule has 1 aromatic heterocycles. The fourth-order valence-electron chi connectivity index (χ4n) is 3.56. The monoisotopic (exact) mass is 376 g/mol. The van der Waals surface area contributed by atoms with Crippen molar-refractivity contribution in [1.29, 1.82) is 0 Å². The number of ether oxygens (including phenoxy) is 1. The lowest BCUT2D eigenvalue weighted by molar-refractivity contribution is -0.134. The number of para-hydroxylation sites is 1. The molecule has 3 aromatic rings. The van der Waals surface area contributed by atoms with Crippen LogP contribution in [-0.4, -0.2) is 35.5 Å². The molecule has 0 unspecified atom stereocenters. The maximum atomic E-state index is 12.4. The van der Waals surface area contributed by atoms with E-state index < -0.39 is 0 Å². The zero-order valence-corrected chi connectivity index (χ0v) is 15.8. The van der Waals surface area contributed by atoms with Gasteiger partial charge in [0.1, 0.15) is 5.75 Å². The van der Waals surface area contributed by atoms with E-state index in [4.69, 9.17) is 9.15 Å². The molecule has 0 aliphatic carbocycles. The van der Waals surface area contributed by atoms with E-state index in [1.807, 2.05) is 47.4 Å². The number of nitrogens with zero attached hydrogens (tertiary/aromatic N) is 2. The summed E-state index contributed by atoms with van der Waals surface area (Å²) < 4.78 is 11.6. The van der Waals surface area contributed by atoms with Gasteiger partial charge in [-0.3, -0.25) is 4.79 Å². The number of amides is 1. The summed E-state index contributed by atoms with van der Waals surface area (Å²) in [5, 5.41) is 0. The Morgan fingerprint density at radius 2 is 1.75 bits per heavy atom. The summed E-state index contributed by atoms with van der Waals surface area (Å²) in [6, 6.07) is 17.8. The van der Waals surface area contributed by atoms with Gasteiger partial charge in [-0.15, -0.1) is 0 Å². The molecule has 0 saturated carbocycles. The molecule has 0 bridgehead atoms. The zero-order valence-electron chi connectivity index (χ0n) is 15.8. The predicted octanol–water partition coefficient (Wildman–Crippen LogP) is 4.32. The second kappa shape index (κ2) is 8.74. The first-order valence-electron chi connectivity index (χ1n) is 9.77. The number of carbonyl (C=O) groups excluding carboxylic acids is 1. The summed E-state index contributed by atoms with van der Waals surface area (Å²) in [6.07, 6.45) is 5.48. The van der Waals surface area contributed by atoms with Crippen molar-refractivity contribution in [2.75, 3.05) is 19.7 Å². The molecule has 0 spiro atoms. The number of hydrogen-bond donors (Lipinski definition) is 0. The highest BCUT2D eigenvalue weighted by Gasteiger charge is 2.19. The molecule has 144 valence electrons. The Kier molecular flexibility index (Phi) is 5.71. The van der Waals surface area contributed by atoms with Gasteiger partial charge in [-0.1, -0.05) is 42.5 Å². The Morgan fingerprint density at radius 3 is 2.57 bits per heavy atom. The van der Waals surface area contributed by atoms with Crippen LogP contribution in [0, 0.1) is 0 Å². The van der Waals surface area contributed by atoms with Crippen molar-refractivity contribution in [2.24, 2.45) is 0 Å². The summed E-state index contributed by atoms with van der Waals surface area (Å²) in [6.45, 7) is 1.69. The molecule has 4 rings (SSSR count). The van der Waals surface area contributed by atoms with Crippen LogP contribution in [-0.2, 0) is 11.2 Å². The molecule has 0 N–H and O–H groups in total. The normalized spacial score (nSPS) is 14.1. The smallest absolute Gasteiger partial charge is 0.260 e. The molecule has 1 fully saturated rings. The summed E-state index contributed by atoms with van der Waals surface area (Å²) >= 11 is 0. The van der Waals surface area contributed by atoms with Gasteiger partial charge in [0.25, 0.3) is 5.91 Å². The van der Waals surface area contributed by atoms with Crippen LogP contribution in [0.15, 0.2) is 65.4 Å². The van der Waals surface area contributed by atoms with Gasteiger partial charge in [0.05, 0.1) is 11.3 Å². The van der Waals surface area contributed by atoms with Gasteiger partial charge in [-0.2, -0.15) is 0 Å². The van der Waals surface area contributed by atoms with Crippen molar-refractivity contribution in [3.05, 3.63) is 72.2 Å². The Hall–Kier alpha value is -3.08. The largest absolute Gasteiger partial charge is 0.483 e. The second-order valence-electron chi connectivity index (χ2n) is 7.02. The molecule has 1 saturated heterocycles. The lowest BCUT2D eigenvalue weighted by Gasteiger charge is -2.26. The molecule has 28 heavy (non-hydrogen) atoms. The zero-order chi connectivity index (χ0) is 19.2. The minimum Gasteiger partial charge on any atom is -0.483 e. The minimum absolute atomic E-state index is 0.0385. The van der Waals surface area contributed by atoms with Crippen molar-refractivity contribution in [2.45, 2.75) is 25.7 Å². The highest BCUT2D eigenvalue weighted by molar-refractivity contribution is 5.78. The van der Waals surface area contributed by atoms with Gasteiger partial charge in [-0.25, -0.2) is 4.98 Å². The van der Waals surface area contributed by atoms with Crippen molar-refractivity contribution in [3.8, 4) is 17.1 Å². The number of hydrogen-bond acceptors (Lipinski definition) is 4. The Morgan fingerprint density at radius 1 is 1.00 bits per heavy atom. The number of benzene rings is 2. The van der Waals surface area contributed by atoms with Crippen molar-refractivity contribution in [1.82, 2.24) is 9.88 Å². The van der Waals surface area contributed by atoms with E-state index in [0.717, 1.165) is 42.8 Å². The molecule has 5 heteroatoms. The second-order valence-corrected chi connectivity index (χ2v) is 7.02. The highest BCUT2D eigenvalue weighted by atomic mass is 16.5. The summed E-state index contributed by atoms with van der Waals surface area (Å²) in [5.41, 5.74) is 2.83. The molecule has 5 nitrogen and oxygen atoms in total. The topological polar surface area (TPSA) is 55.6 Å². The number of carbonyl (C=O) groups is 1. The Balaban J connectivity index is 1.50. The standard InChI is InChI=1S/C23H24N2O3/c26-22(25-13-7-2-8-14-25)16-27-21-12-6-5-11-19(21)23-20(24-17-28-23)15-18-9-3-1-4-10-18/h1,3-6,9-12,17H,2,7-8,13-16H2. The third kappa shape index (κ3) is 4.25. The van der Waals surface area contributed by atoms with Crippen molar-refractivity contribution >= 4 is 5.91 Å². The number of piperidine rings is 1. The number of likely N-dealkylation sites (tertiary alicyclic amines) is 1. The fourth-order valence-corrected chi connectivity index (χ4v) is 3.56. The quantitative estimate of drug-likeness (QED) is 0.643. The number of aromatic nitrogens is 1. The lowest BCUT2D eigenvalue weighted by atomic mass is 10.0. The van der Waals surface area contributed by atoms with Gasteiger partial charge in [0.2, 0.25) is 0 Å². The first-order chi connectivity index (χ1) is 13.8. The molecule has 1 amide bonds. The van der Waals surface area contributed by atoms with E-state index in [0.29, 0.717) is 17.9 Å². The summed E-state index contributed by atoms with van der Waals surface area (Å²) in [5.74, 6) is 1.36. The lowest BCUT2D eigenvalue weighted by Crippen LogP contribution is -2.38. The van der Waals surface area contributed by atoms with Gasteiger partial charge in [0.15, 0.2) is 18.8 Å². The maximum absolute atomic E-state index is 12.4. The van der Waals surface area contributed by atoms with Gasteiger partial charge in [0, 0.05) is 19.5 Å². The Bertz CT molecular complexity index is 914. The summed E-state index contributed by atoms with van der Waals surface area (Å²) in [7, 11) is 0. The SMILES string of the molecule is O=C(COc1ccccc1-c1ocnc1Cc1ccccc1)N1CCCCC1. The van der Waals surface area contributed by atoms with Gasteiger partial charge >= 0.3 is 0 Å². The maximum Gasteiger partial charge on any atom is 0.260 e. The molecule has 0 radical (unpaired) electrons. The van der Waals surface area contributed by atoms with Crippen LogP contribution < -0.4 is 4.74 Å². The number of oxazole rings is 1. The van der Waals surface area contributed by atoms with Crippen LogP contribution in [0.1, 0.15) is 30.5 Å². The van der Waals surface area contributed by atoms with Crippen LogP contribution in [0.25, 0.3) is 11.3 Å². The van der Waals surface area contributed by atoms with E-state index in [1.54, 1.807) is 0 Å². The van der Waals surface area contributed by atoms with E-state index in [1.165, 1.54) is 12.8 Å². The first-order valence-corrected chi connectivity index (χ1v) is 9.77. The third-order valence-electron chi connectivity index (χ3n) is 5.05. The third-order valence-corrected chi connectivity index (χ3v) is 5.05. The van der Waals surface area contributed by atoms with Crippen LogP contribution >= 0.6 is 0 Å². The fraction of sp³-hybridized carbons (Fsp3) is 0.304. The minimum atomic E-state index is 0.0385. The molecule has 2 heterocycles. The van der Waals surface area contributed by atoms with Gasteiger partial charge in [-0.05, 0) is 37.0 Å². The van der Waals surface area contributed by atoms with E-state index in [9.17, 15) is 4.79 Å². The Labute approximate surface area is 165 Å². The average Bonchev–Trinajstić information content (AvgIpc) is 3.21.